The van der Waals surface area contributed by atoms with Crippen LogP contribution in [0.3, 0.4) is 0 Å². The molecule has 1 unspecified atom stereocenters. The highest BCUT2D eigenvalue weighted by Gasteiger charge is 2.14. The molecule has 0 aliphatic carbocycles. The molecule has 1 rings (SSSR count). The minimum Gasteiger partial charge on any atom is -0.467 e. The van der Waals surface area contributed by atoms with E-state index in [1.807, 2.05) is 19.1 Å². The Bertz CT molecular complexity index is 352. The van der Waals surface area contributed by atoms with Crippen molar-refractivity contribution in [2.75, 3.05) is 6.54 Å². The summed E-state index contributed by atoms with van der Waals surface area (Å²) >= 11 is 0. The number of nitrogens with one attached hydrogen (secondary N) is 2. The molecule has 0 saturated carbocycles. The SMILES string of the molecule is CC(NCCC(C)(C)C)C(=O)NCc1ccco1. The van der Waals surface area contributed by atoms with Crippen molar-refractivity contribution >= 4 is 5.91 Å². The van der Waals surface area contributed by atoms with Crippen molar-refractivity contribution in [3.63, 3.8) is 0 Å². The normalized spacial score (nSPS) is 13.3. The van der Waals surface area contributed by atoms with Gasteiger partial charge in [-0.1, -0.05) is 20.8 Å². The quantitative estimate of drug-likeness (QED) is 0.817. The van der Waals surface area contributed by atoms with Gasteiger partial charge in [-0.15, -0.1) is 0 Å². The summed E-state index contributed by atoms with van der Waals surface area (Å²) in [4.78, 5) is 11.8. The second kappa shape index (κ2) is 6.59. The van der Waals surface area contributed by atoms with Gasteiger partial charge in [-0.05, 0) is 37.4 Å². The summed E-state index contributed by atoms with van der Waals surface area (Å²) in [6.07, 6.45) is 2.65. The fourth-order valence-electron chi connectivity index (χ4n) is 1.50. The van der Waals surface area contributed by atoms with Crippen molar-refractivity contribution in [3.05, 3.63) is 24.2 Å². The van der Waals surface area contributed by atoms with Gasteiger partial charge >= 0.3 is 0 Å². The molecule has 0 saturated heterocycles. The van der Waals surface area contributed by atoms with Crippen LogP contribution in [0.25, 0.3) is 0 Å². The predicted octanol–water partition coefficient (Wildman–Crippen LogP) is 2.31. The number of carbonyl (C=O) groups excluding carboxylic acids is 1. The first-order valence-electron chi connectivity index (χ1n) is 6.42. The molecular weight excluding hydrogens is 228 g/mol. The standard InChI is InChI=1S/C14H24N2O2/c1-11(15-8-7-14(2,3)4)13(17)16-10-12-6-5-9-18-12/h5-6,9,11,15H,7-8,10H2,1-4H3,(H,16,17). The van der Waals surface area contributed by atoms with E-state index in [1.165, 1.54) is 0 Å². The lowest BCUT2D eigenvalue weighted by molar-refractivity contribution is -0.123. The van der Waals surface area contributed by atoms with Crippen LogP contribution in [0.15, 0.2) is 22.8 Å². The van der Waals surface area contributed by atoms with Crippen LogP contribution in [0.4, 0.5) is 0 Å². The minimum absolute atomic E-state index is 0.000286. The molecule has 0 aromatic carbocycles. The number of rotatable bonds is 6. The average Bonchev–Trinajstić information content (AvgIpc) is 2.76. The monoisotopic (exact) mass is 252 g/mol. The maximum Gasteiger partial charge on any atom is 0.237 e. The van der Waals surface area contributed by atoms with E-state index in [0.29, 0.717) is 6.54 Å². The maximum absolute atomic E-state index is 11.8. The molecule has 1 amide bonds. The van der Waals surface area contributed by atoms with Crippen molar-refractivity contribution in [1.82, 2.24) is 10.6 Å². The van der Waals surface area contributed by atoms with E-state index in [1.54, 1.807) is 6.26 Å². The summed E-state index contributed by atoms with van der Waals surface area (Å²) in [5.41, 5.74) is 0.289. The van der Waals surface area contributed by atoms with Crippen LogP contribution in [0, 0.1) is 5.41 Å². The average molecular weight is 252 g/mol. The number of hydrogen-bond donors (Lipinski definition) is 2. The van der Waals surface area contributed by atoms with E-state index in [0.717, 1.165) is 18.7 Å². The fourth-order valence-corrected chi connectivity index (χ4v) is 1.50. The molecule has 0 fully saturated rings. The first kappa shape index (κ1) is 14.8. The minimum atomic E-state index is -0.178. The van der Waals surface area contributed by atoms with Crippen molar-refractivity contribution < 1.29 is 9.21 Å². The van der Waals surface area contributed by atoms with E-state index < -0.39 is 0 Å². The summed E-state index contributed by atoms with van der Waals surface area (Å²) < 4.78 is 5.15. The van der Waals surface area contributed by atoms with Crippen molar-refractivity contribution in [3.8, 4) is 0 Å². The topological polar surface area (TPSA) is 54.3 Å². The first-order chi connectivity index (χ1) is 8.38. The fraction of sp³-hybridized carbons (Fsp3) is 0.643. The molecule has 0 spiro atoms. The molecule has 18 heavy (non-hydrogen) atoms. The molecule has 0 aliphatic rings. The highest BCUT2D eigenvalue weighted by atomic mass is 16.3. The Morgan fingerprint density at radius 2 is 2.17 bits per heavy atom. The molecule has 1 aromatic rings. The highest BCUT2D eigenvalue weighted by molar-refractivity contribution is 5.81. The number of amides is 1. The van der Waals surface area contributed by atoms with E-state index in [9.17, 15) is 4.79 Å². The molecule has 4 nitrogen and oxygen atoms in total. The van der Waals surface area contributed by atoms with Gasteiger partial charge in [-0.25, -0.2) is 0 Å². The van der Waals surface area contributed by atoms with Crippen LogP contribution in [-0.2, 0) is 11.3 Å². The molecule has 1 atom stereocenters. The van der Waals surface area contributed by atoms with E-state index in [4.69, 9.17) is 4.42 Å². The molecule has 0 bridgehead atoms. The molecule has 1 heterocycles. The molecule has 0 radical (unpaired) electrons. The lowest BCUT2D eigenvalue weighted by Crippen LogP contribution is -2.42. The third-order valence-corrected chi connectivity index (χ3v) is 2.74. The van der Waals surface area contributed by atoms with Gasteiger partial charge in [-0.3, -0.25) is 4.79 Å². The Hall–Kier alpha value is -1.29. The van der Waals surface area contributed by atoms with Gasteiger partial charge in [0.2, 0.25) is 5.91 Å². The number of carbonyl (C=O) groups is 1. The zero-order valence-electron chi connectivity index (χ0n) is 11.7. The van der Waals surface area contributed by atoms with Gasteiger partial charge in [0.25, 0.3) is 0 Å². The first-order valence-corrected chi connectivity index (χ1v) is 6.42. The largest absolute Gasteiger partial charge is 0.467 e. The second-order valence-electron chi connectivity index (χ2n) is 5.78. The molecular formula is C14H24N2O2. The second-order valence-corrected chi connectivity index (χ2v) is 5.78. The molecule has 102 valence electrons. The zero-order valence-corrected chi connectivity index (χ0v) is 11.7. The van der Waals surface area contributed by atoms with Gasteiger partial charge in [0.15, 0.2) is 0 Å². The van der Waals surface area contributed by atoms with Gasteiger partial charge in [0, 0.05) is 0 Å². The molecule has 4 heteroatoms. The summed E-state index contributed by atoms with van der Waals surface area (Å²) in [5, 5.41) is 6.06. The third kappa shape index (κ3) is 5.87. The van der Waals surface area contributed by atoms with E-state index >= 15 is 0 Å². The number of hydrogen-bond acceptors (Lipinski definition) is 3. The Kier molecular flexibility index (Phi) is 5.41. The summed E-state index contributed by atoms with van der Waals surface area (Å²) in [6, 6.07) is 3.48. The van der Waals surface area contributed by atoms with Crippen molar-refractivity contribution in [2.45, 2.75) is 46.7 Å². The molecule has 2 N–H and O–H groups in total. The molecule has 1 aromatic heterocycles. The van der Waals surface area contributed by atoms with Crippen molar-refractivity contribution in [1.29, 1.82) is 0 Å². The lowest BCUT2D eigenvalue weighted by atomic mass is 9.92. The maximum atomic E-state index is 11.8. The van der Waals surface area contributed by atoms with Crippen LogP contribution < -0.4 is 10.6 Å². The van der Waals surface area contributed by atoms with Gasteiger partial charge < -0.3 is 15.1 Å². The smallest absolute Gasteiger partial charge is 0.237 e. The van der Waals surface area contributed by atoms with Crippen LogP contribution in [0.1, 0.15) is 39.9 Å². The van der Waals surface area contributed by atoms with Crippen LogP contribution in [0.2, 0.25) is 0 Å². The Morgan fingerprint density at radius 1 is 1.44 bits per heavy atom. The third-order valence-electron chi connectivity index (χ3n) is 2.74. The van der Waals surface area contributed by atoms with E-state index in [2.05, 4.69) is 31.4 Å². The van der Waals surface area contributed by atoms with Gasteiger partial charge in [-0.2, -0.15) is 0 Å². The van der Waals surface area contributed by atoms with Gasteiger partial charge in [0.05, 0.1) is 18.8 Å². The lowest BCUT2D eigenvalue weighted by Gasteiger charge is -2.20. The van der Waals surface area contributed by atoms with Crippen LogP contribution >= 0.6 is 0 Å². The van der Waals surface area contributed by atoms with E-state index in [-0.39, 0.29) is 17.4 Å². The molecule has 0 aliphatic heterocycles. The highest BCUT2D eigenvalue weighted by Crippen LogP contribution is 2.16. The Labute approximate surface area is 109 Å². The van der Waals surface area contributed by atoms with Crippen molar-refractivity contribution in [2.24, 2.45) is 5.41 Å². The summed E-state index contributed by atoms with van der Waals surface area (Å²) in [5.74, 6) is 0.769. The predicted molar refractivity (Wildman–Crippen MR) is 72.1 cm³/mol. The van der Waals surface area contributed by atoms with Gasteiger partial charge in [0.1, 0.15) is 5.76 Å². The van der Waals surface area contributed by atoms with Crippen LogP contribution in [-0.4, -0.2) is 18.5 Å². The Morgan fingerprint density at radius 3 is 2.72 bits per heavy atom. The zero-order chi connectivity index (χ0) is 13.6. The summed E-state index contributed by atoms with van der Waals surface area (Å²) in [7, 11) is 0. The number of furan rings is 1. The summed E-state index contributed by atoms with van der Waals surface area (Å²) in [6.45, 7) is 9.74. The Balaban J connectivity index is 2.20. The van der Waals surface area contributed by atoms with Crippen LogP contribution in [0.5, 0.6) is 0 Å².